The van der Waals surface area contributed by atoms with Gasteiger partial charge in [0.1, 0.15) is 6.04 Å². The average molecular weight is 366 g/mol. The monoisotopic (exact) mass is 365 g/mol. The van der Waals surface area contributed by atoms with Crippen LogP contribution in [0.2, 0.25) is 0 Å². The van der Waals surface area contributed by atoms with Crippen molar-refractivity contribution in [3.63, 3.8) is 0 Å². The summed E-state index contributed by atoms with van der Waals surface area (Å²) in [4.78, 5) is 29.0. The third-order valence-electron chi connectivity index (χ3n) is 1.73. The van der Waals surface area contributed by atoms with Crippen LogP contribution in [0.4, 0.5) is 0 Å². The van der Waals surface area contributed by atoms with Gasteiger partial charge in [0.05, 0.1) is 11.9 Å². The fourth-order valence-electron chi connectivity index (χ4n) is 0.461. The Labute approximate surface area is 140 Å². The normalized spacial score (nSPS) is 9.45. The Morgan fingerprint density at radius 2 is 1.36 bits per heavy atom. The van der Waals surface area contributed by atoms with Crippen molar-refractivity contribution in [3.8, 4) is 0 Å². The first-order chi connectivity index (χ1) is 9.47. The minimum atomic E-state index is -1.19. The largest absolute Gasteiger partial charge is 2.00 e. The maximum absolute atomic E-state index is 10.0. The van der Waals surface area contributed by atoms with Gasteiger partial charge in [0.25, 0.3) is 0 Å². The quantitative estimate of drug-likeness (QED) is 0.350. The number of hydrogen-bond acceptors (Lipinski definition) is 7. The van der Waals surface area contributed by atoms with Crippen molar-refractivity contribution in [1.82, 2.24) is 0 Å². The molecule has 0 aromatic carbocycles. The first-order valence-electron chi connectivity index (χ1n) is 5.89. The zero-order chi connectivity index (χ0) is 17.6. The van der Waals surface area contributed by atoms with Crippen molar-refractivity contribution in [2.45, 2.75) is 32.7 Å². The number of carboxylic acids is 3. The number of hydrogen-bond donors (Lipinski definition) is 3. The number of aliphatic carboxylic acids is 3. The summed E-state index contributed by atoms with van der Waals surface area (Å²) in [6.07, 6.45) is 1.14. The van der Waals surface area contributed by atoms with Gasteiger partial charge < -0.3 is 36.4 Å². The Kier molecular flexibility index (Phi) is 22.5. The van der Waals surface area contributed by atoms with E-state index in [2.05, 4.69) is 13.2 Å². The molecule has 9 heteroatoms. The van der Waals surface area contributed by atoms with Gasteiger partial charge in [-0.25, -0.2) is 0 Å². The Morgan fingerprint density at radius 3 is 1.50 bits per heavy atom. The molecule has 0 aliphatic carbocycles. The molecule has 0 aliphatic rings. The minimum absolute atomic E-state index is 0. The molecule has 0 amide bonds. The van der Waals surface area contributed by atoms with Crippen molar-refractivity contribution < 1.29 is 46.8 Å². The minimum Gasteiger partial charge on any atom is -0.545 e. The van der Waals surface area contributed by atoms with Crippen molar-refractivity contribution in [3.05, 3.63) is 24.3 Å². The van der Waals surface area contributed by atoms with Gasteiger partial charge in [0, 0.05) is 0 Å². The smallest absolute Gasteiger partial charge is 0.545 e. The van der Waals surface area contributed by atoms with Gasteiger partial charge in [-0.05, 0) is 44.4 Å². The number of carbonyl (C=O) groups excluding carboxylic acids is 2. The zero-order valence-electron chi connectivity index (χ0n) is 12.6. The van der Waals surface area contributed by atoms with E-state index in [1.165, 1.54) is 13.8 Å². The van der Waals surface area contributed by atoms with E-state index in [9.17, 15) is 24.6 Å². The molecule has 0 fully saturated rings. The molecule has 0 spiro atoms. The number of carbonyl (C=O) groups is 3. The molecule has 0 saturated carbocycles. The summed E-state index contributed by atoms with van der Waals surface area (Å²) in [5.41, 5.74) is 10.4. The predicted molar refractivity (Wildman–Crippen MR) is 73.5 cm³/mol. The summed E-state index contributed by atoms with van der Waals surface area (Å²) in [5.74, 6) is -3.33. The summed E-state index contributed by atoms with van der Waals surface area (Å²) in [6.45, 7) is 9.45. The van der Waals surface area contributed by atoms with Gasteiger partial charge in [-0.15, -0.1) is 0 Å². The molecular formula is C13H22CuN2O6. The Hall–Kier alpha value is -1.67. The molecule has 0 aromatic heterocycles. The van der Waals surface area contributed by atoms with Gasteiger partial charge >= 0.3 is 23.0 Å². The third-order valence-corrected chi connectivity index (χ3v) is 1.73. The number of rotatable bonds is 6. The second kappa shape index (κ2) is 17.4. The second-order valence-electron chi connectivity index (χ2n) is 4.01. The molecule has 1 atom stereocenters. The van der Waals surface area contributed by atoms with E-state index < -0.39 is 23.9 Å². The maximum Gasteiger partial charge on any atom is 2.00 e. The zero-order valence-corrected chi connectivity index (χ0v) is 13.5. The van der Waals surface area contributed by atoms with E-state index in [1.54, 1.807) is 0 Å². The average Bonchev–Trinajstić information content (AvgIpc) is 2.36. The van der Waals surface area contributed by atoms with Gasteiger partial charge in [-0.1, -0.05) is 13.2 Å². The van der Waals surface area contributed by atoms with Crippen LogP contribution in [-0.4, -0.2) is 35.6 Å². The van der Waals surface area contributed by atoms with Crippen molar-refractivity contribution >= 4 is 17.9 Å². The Bertz CT molecular complexity index is 337. The molecule has 0 heterocycles. The predicted octanol–water partition coefficient (Wildman–Crippen LogP) is -2.24. The molecular weight excluding hydrogens is 344 g/mol. The number of nitrogens with two attached hydrogens (primary N) is 2. The summed E-state index contributed by atoms with van der Waals surface area (Å²) < 4.78 is 0. The first-order valence-corrected chi connectivity index (χ1v) is 5.89. The Morgan fingerprint density at radius 1 is 1.09 bits per heavy atom. The van der Waals surface area contributed by atoms with Crippen LogP contribution in [0.15, 0.2) is 24.3 Å². The summed E-state index contributed by atoms with van der Waals surface area (Å²) in [6, 6.07) is -0.742. The molecule has 0 rings (SSSR count). The standard InChI is InChI=1S/C5H12N2O2.2C4H6O2.Cu/c6-3-1-2-4(7)5(8)9;2*1-3(2)4(5)6;/h4H,1-3,6-7H2,(H,8,9);2*1H2,2H3,(H,5,6);/q;;;+2/p-2/t4-;;;/m0.../s1. The summed E-state index contributed by atoms with van der Waals surface area (Å²) in [5, 5.41) is 27.2. The molecule has 0 bridgehead atoms. The SMILES string of the molecule is C=C(C)C(=O)[O-].C=C(C)C(=O)[O-].NCCC[C@H](N)C(=O)O.[Cu+2]. The first kappa shape index (κ1) is 28.5. The van der Waals surface area contributed by atoms with E-state index >= 15 is 0 Å². The Balaban J connectivity index is -0.000000112. The molecule has 0 aromatic rings. The summed E-state index contributed by atoms with van der Waals surface area (Å²) >= 11 is 0. The molecule has 22 heavy (non-hydrogen) atoms. The molecule has 5 N–H and O–H groups in total. The summed E-state index contributed by atoms with van der Waals surface area (Å²) in [7, 11) is 0. The molecule has 0 saturated heterocycles. The van der Waals surface area contributed by atoms with Crippen LogP contribution < -0.4 is 21.7 Å². The van der Waals surface area contributed by atoms with Gasteiger partial charge in [-0.2, -0.15) is 0 Å². The van der Waals surface area contributed by atoms with Crippen LogP contribution in [0.1, 0.15) is 26.7 Å². The van der Waals surface area contributed by atoms with Crippen molar-refractivity contribution in [2.24, 2.45) is 11.5 Å². The van der Waals surface area contributed by atoms with Crippen LogP contribution in [0.3, 0.4) is 0 Å². The molecule has 8 nitrogen and oxygen atoms in total. The molecule has 0 unspecified atom stereocenters. The molecule has 0 aliphatic heterocycles. The van der Waals surface area contributed by atoms with Gasteiger partial charge in [0.15, 0.2) is 0 Å². The van der Waals surface area contributed by atoms with Crippen LogP contribution in [0.5, 0.6) is 0 Å². The van der Waals surface area contributed by atoms with Gasteiger partial charge in [-0.3, -0.25) is 4.79 Å². The number of carboxylic acid groups (broad SMARTS) is 3. The molecule has 1 radical (unpaired) electrons. The van der Waals surface area contributed by atoms with Crippen LogP contribution in [-0.2, 0) is 31.5 Å². The van der Waals surface area contributed by atoms with E-state index in [0.29, 0.717) is 19.4 Å². The van der Waals surface area contributed by atoms with E-state index in [4.69, 9.17) is 16.6 Å². The van der Waals surface area contributed by atoms with Crippen LogP contribution >= 0.6 is 0 Å². The fraction of sp³-hybridized carbons (Fsp3) is 0.462. The molecule has 131 valence electrons. The third kappa shape index (κ3) is 26.8. The van der Waals surface area contributed by atoms with Crippen LogP contribution in [0, 0.1) is 0 Å². The topological polar surface area (TPSA) is 170 Å². The second-order valence-corrected chi connectivity index (χ2v) is 4.01. The van der Waals surface area contributed by atoms with Crippen molar-refractivity contribution in [1.29, 1.82) is 0 Å². The van der Waals surface area contributed by atoms with E-state index in [1.807, 2.05) is 0 Å². The van der Waals surface area contributed by atoms with E-state index in [0.717, 1.165) is 0 Å². The van der Waals surface area contributed by atoms with Crippen molar-refractivity contribution in [2.75, 3.05) is 6.54 Å². The van der Waals surface area contributed by atoms with Gasteiger partial charge in [0.2, 0.25) is 0 Å². The fourth-order valence-corrected chi connectivity index (χ4v) is 0.461. The maximum atomic E-state index is 10.0. The van der Waals surface area contributed by atoms with E-state index in [-0.39, 0.29) is 28.2 Å². The van der Waals surface area contributed by atoms with Crippen LogP contribution in [0.25, 0.3) is 0 Å².